The average molecular weight is 388 g/mol. The number of amides is 1. The summed E-state index contributed by atoms with van der Waals surface area (Å²) in [6.07, 6.45) is 4.06. The summed E-state index contributed by atoms with van der Waals surface area (Å²) in [6, 6.07) is 15.2. The van der Waals surface area contributed by atoms with Gasteiger partial charge in [-0.3, -0.25) is 10.0 Å². The lowest BCUT2D eigenvalue weighted by molar-refractivity contribution is 0.0700. The predicted octanol–water partition coefficient (Wildman–Crippen LogP) is 3.10. The van der Waals surface area contributed by atoms with Crippen LogP contribution in [-0.2, 0) is 0 Å². The van der Waals surface area contributed by atoms with E-state index in [1.54, 1.807) is 18.5 Å². The highest BCUT2D eigenvalue weighted by molar-refractivity contribution is 5.91. The van der Waals surface area contributed by atoms with Gasteiger partial charge >= 0.3 is 0 Å². The number of carbonyl (C=O) groups excluding carboxylic acids is 1. The Hall–Kier alpha value is -4.11. The third-order valence-corrected chi connectivity index (χ3v) is 4.25. The average Bonchev–Trinajstić information content (AvgIpc) is 2.78. The molecule has 0 unspecified atom stereocenters. The number of nitrogens with zero attached hydrogens (tertiary/aromatic N) is 5. The highest BCUT2D eigenvalue weighted by Gasteiger charge is 2.11. The van der Waals surface area contributed by atoms with Crippen LogP contribution >= 0.6 is 0 Å². The van der Waals surface area contributed by atoms with Crippen LogP contribution in [0.3, 0.4) is 0 Å². The quantitative estimate of drug-likeness (QED) is 0.396. The Labute approximate surface area is 165 Å². The molecule has 2 N–H and O–H groups in total. The molecule has 0 aliphatic rings. The monoisotopic (exact) mass is 388 g/mol. The van der Waals surface area contributed by atoms with E-state index in [0.29, 0.717) is 5.75 Å². The van der Waals surface area contributed by atoms with Crippen LogP contribution in [0.2, 0.25) is 0 Å². The second-order valence-electron chi connectivity index (χ2n) is 6.05. The minimum absolute atomic E-state index is 0.0195. The van der Waals surface area contributed by atoms with Crippen molar-refractivity contribution in [1.82, 2.24) is 25.4 Å². The van der Waals surface area contributed by atoms with Crippen LogP contribution in [-0.4, -0.2) is 38.1 Å². The van der Waals surface area contributed by atoms with E-state index in [9.17, 15) is 4.79 Å². The van der Waals surface area contributed by atoms with Crippen LogP contribution in [0.25, 0.3) is 10.9 Å². The Balaban J connectivity index is 1.52. The summed E-state index contributed by atoms with van der Waals surface area (Å²) in [4.78, 5) is 29.8. The Kier molecular flexibility index (Phi) is 4.95. The second-order valence-corrected chi connectivity index (χ2v) is 6.05. The summed E-state index contributed by atoms with van der Waals surface area (Å²) in [5, 5.41) is 9.55. The minimum atomic E-state index is -0.742. The first-order chi connectivity index (χ1) is 14.2. The molecule has 0 radical (unpaired) electrons. The molecule has 2 aromatic heterocycles. The van der Waals surface area contributed by atoms with Gasteiger partial charge in [0.05, 0.1) is 17.9 Å². The summed E-state index contributed by atoms with van der Waals surface area (Å²) in [5.41, 5.74) is 3.27. The fourth-order valence-electron chi connectivity index (χ4n) is 2.78. The summed E-state index contributed by atoms with van der Waals surface area (Å²) in [6.45, 7) is 0. The van der Waals surface area contributed by atoms with E-state index in [1.807, 2.05) is 48.3 Å². The van der Waals surface area contributed by atoms with Crippen LogP contribution < -0.4 is 15.1 Å². The van der Waals surface area contributed by atoms with Crippen molar-refractivity contribution in [3.63, 3.8) is 0 Å². The standard InChI is InChI=1S/C20H16N6O3/c1-26(19-15-4-2-3-5-16(15)23-12-24-19)13-6-8-14(9-7-13)29-18-11-21-17(10-22-18)20(27)25-28/h2-12,28H,1H3,(H,25,27). The van der Waals surface area contributed by atoms with Gasteiger partial charge in [0.15, 0.2) is 0 Å². The molecule has 0 aliphatic heterocycles. The molecule has 0 atom stereocenters. The zero-order valence-corrected chi connectivity index (χ0v) is 15.4. The normalized spacial score (nSPS) is 10.6. The zero-order valence-electron chi connectivity index (χ0n) is 15.4. The predicted molar refractivity (Wildman–Crippen MR) is 105 cm³/mol. The van der Waals surface area contributed by atoms with E-state index < -0.39 is 5.91 Å². The number of hydrogen-bond acceptors (Lipinski definition) is 8. The van der Waals surface area contributed by atoms with Crippen molar-refractivity contribution < 1.29 is 14.7 Å². The van der Waals surface area contributed by atoms with Gasteiger partial charge in [-0.1, -0.05) is 12.1 Å². The van der Waals surface area contributed by atoms with Gasteiger partial charge in [0, 0.05) is 18.1 Å². The maximum atomic E-state index is 11.3. The van der Waals surface area contributed by atoms with Crippen LogP contribution in [0.1, 0.15) is 10.5 Å². The number of fused-ring (bicyclic) bond motifs is 1. The fraction of sp³-hybridized carbons (Fsp3) is 0.0500. The van der Waals surface area contributed by atoms with Gasteiger partial charge in [0.2, 0.25) is 5.88 Å². The number of anilines is 2. The lowest BCUT2D eigenvalue weighted by atomic mass is 10.2. The molecule has 9 heteroatoms. The molecular formula is C20H16N6O3. The Morgan fingerprint density at radius 3 is 2.52 bits per heavy atom. The fourth-order valence-corrected chi connectivity index (χ4v) is 2.78. The number of carbonyl (C=O) groups is 1. The van der Waals surface area contributed by atoms with E-state index in [2.05, 4.69) is 19.9 Å². The maximum absolute atomic E-state index is 11.3. The molecule has 9 nitrogen and oxygen atoms in total. The third-order valence-electron chi connectivity index (χ3n) is 4.25. The van der Waals surface area contributed by atoms with Crippen molar-refractivity contribution in [2.45, 2.75) is 0 Å². The SMILES string of the molecule is CN(c1ccc(Oc2cnc(C(=O)NO)cn2)cc1)c1ncnc2ccccc12. The molecule has 0 spiro atoms. The van der Waals surface area contributed by atoms with Crippen LogP contribution in [0, 0.1) is 0 Å². The number of para-hydroxylation sites is 1. The van der Waals surface area contributed by atoms with Crippen molar-refractivity contribution >= 4 is 28.3 Å². The second kappa shape index (κ2) is 7.87. The zero-order chi connectivity index (χ0) is 20.2. The molecule has 0 saturated heterocycles. The first-order valence-electron chi connectivity index (χ1n) is 8.63. The maximum Gasteiger partial charge on any atom is 0.294 e. The molecule has 0 aliphatic carbocycles. The van der Waals surface area contributed by atoms with Crippen molar-refractivity contribution in [2.75, 3.05) is 11.9 Å². The third kappa shape index (κ3) is 3.80. The number of ether oxygens (including phenoxy) is 1. The topological polar surface area (TPSA) is 113 Å². The van der Waals surface area contributed by atoms with Gasteiger partial charge in [-0.05, 0) is 36.4 Å². The molecule has 4 aromatic rings. The molecule has 144 valence electrons. The van der Waals surface area contributed by atoms with E-state index in [1.165, 1.54) is 17.9 Å². The molecule has 29 heavy (non-hydrogen) atoms. The number of rotatable bonds is 5. The Morgan fingerprint density at radius 2 is 1.79 bits per heavy atom. The molecule has 2 heterocycles. The highest BCUT2D eigenvalue weighted by atomic mass is 16.5. The number of nitrogens with one attached hydrogen (secondary N) is 1. The molecule has 0 saturated carbocycles. The molecule has 0 bridgehead atoms. The minimum Gasteiger partial charge on any atom is -0.438 e. The number of benzene rings is 2. The van der Waals surface area contributed by atoms with Crippen LogP contribution in [0.4, 0.5) is 11.5 Å². The van der Waals surface area contributed by atoms with Crippen molar-refractivity contribution in [2.24, 2.45) is 0 Å². The smallest absolute Gasteiger partial charge is 0.294 e. The largest absolute Gasteiger partial charge is 0.438 e. The van der Waals surface area contributed by atoms with Crippen LogP contribution in [0.5, 0.6) is 11.6 Å². The van der Waals surface area contributed by atoms with Crippen molar-refractivity contribution in [3.05, 3.63) is 72.9 Å². The summed E-state index contributed by atoms with van der Waals surface area (Å²) >= 11 is 0. The molecule has 1 amide bonds. The number of hydrogen-bond donors (Lipinski definition) is 2. The van der Waals surface area contributed by atoms with E-state index >= 15 is 0 Å². The summed E-state index contributed by atoms with van der Waals surface area (Å²) < 4.78 is 5.65. The van der Waals surface area contributed by atoms with Gasteiger partial charge < -0.3 is 9.64 Å². The molecular weight excluding hydrogens is 372 g/mol. The first-order valence-corrected chi connectivity index (χ1v) is 8.63. The van der Waals surface area contributed by atoms with Gasteiger partial charge in [0.25, 0.3) is 5.91 Å². The molecule has 0 fully saturated rings. The lowest BCUT2D eigenvalue weighted by Crippen LogP contribution is -2.20. The molecule has 4 rings (SSSR count). The van der Waals surface area contributed by atoms with Gasteiger partial charge in [-0.15, -0.1) is 0 Å². The highest BCUT2D eigenvalue weighted by Crippen LogP contribution is 2.29. The summed E-state index contributed by atoms with van der Waals surface area (Å²) in [7, 11) is 1.93. The first kappa shape index (κ1) is 18.3. The Morgan fingerprint density at radius 1 is 1.00 bits per heavy atom. The Bertz CT molecular complexity index is 1140. The van der Waals surface area contributed by atoms with Gasteiger partial charge in [0.1, 0.15) is 23.6 Å². The molecule has 2 aromatic carbocycles. The van der Waals surface area contributed by atoms with E-state index in [4.69, 9.17) is 9.94 Å². The van der Waals surface area contributed by atoms with E-state index in [0.717, 1.165) is 22.4 Å². The van der Waals surface area contributed by atoms with E-state index in [-0.39, 0.29) is 11.6 Å². The number of hydroxylamine groups is 1. The van der Waals surface area contributed by atoms with Crippen molar-refractivity contribution in [1.29, 1.82) is 0 Å². The van der Waals surface area contributed by atoms with Gasteiger partial charge in [-0.25, -0.2) is 25.4 Å². The van der Waals surface area contributed by atoms with Gasteiger partial charge in [-0.2, -0.15) is 0 Å². The lowest BCUT2D eigenvalue weighted by Gasteiger charge is -2.20. The number of aromatic nitrogens is 4. The summed E-state index contributed by atoms with van der Waals surface area (Å²) in [5.74, 6) is 0.840. The van der Waals surface area contributed by atoms with Crippen LogP contribution in [0.15, 0.2) is 67.3 Å². The van der Waals surface area contributed by atoms with Crippen molar-refractivity contribution in [3.8, 4) is 11.6 Å².